The first-order chi connectivity index (χ1) is 15.0. The highest BCUT2D eigenvalue weighted by molar-refractivity contribution is 6.00. The third-order valence-corrected chi connectivity index (χ3v) is 4.98. The van der Waals surface area contributed by atoms with Gasteiger partial charge >= 0.3 is 5.97 Å². The first-order valence-corrected chi connectivity index (χ1v) is 9.92. The summed E-state index contributed by atoms with van der Waals surface area (Å²) in [5.41, 5.74) is 2.62. The molecule has 2 amide bonds. The Bertz CT molecular complexity index is 1110. The van der Waals surface area contributed by atoms with Crippen LogP contribution in [0.2, 0.25) is 0 Å². The Balaban J connectivity index is 1.36. The summed E-state index contributed by atoms with van der Waals surface area (Å²) >= 11 is 0. The zero-order chi connectivity index (χ0) is 21.8. The molecule has 0 atom stereocenters. The second-order valence-corrected chi connectivity index (χ2v) is 7.15. The van der Waals surface area contributed by atoms with Gasteiger partial charge in [-0.1, -0.05) is 35.5 Å². The number of hydrogen-bond donors (Lipinski definition) is 1. The SMILES string of the molecule is Cc1onc(-c2ccccc2)c1C(=O)OCC(=O)Nc1ccc(N2CCCC2=O)cc1. The van der Waals surface area contributed by atoms with Crippen LogP contribution in [-0.4, -0.2) is 36.1 Å². The molecule has 1 fully saturated rings. The molecule has 0 aliphatic carbocycles. The lowest BCUT2D eigenvalue weighted by Gasteiger charge is -2.16. The molecule has 0 bridgehead atoms. The number of ether oxygens (including phenoxy) is 1. The van der Waals surface area contributed by atoms with E-state index < -0.39 is 18.5 Å². The minimum atomic E-state index is -0.685. The Hall–Kier alpha value is -3.94. The van der Waals surface area contributed by atoms with Gasteiger partial charge in [0.2, 0.25) is 5.91 Å². The highest BCUT2D eigenvalue weighted by Gasteiger charge is 2.24. The van der Waals surface area contributed by atoms with Gasteiger partial charge in [-0.15, -0.1) is 0 Å². The topological polar surface area (TPSA) is 102 Å². The molecule has 1 saturated heterocycles. The average molecular weight is 419 g/mol. The number of anilines is 2. The van der Waals surface area contributed by atoms with Crippen LogP contribution in [0.5, 0.6) is 0 Å². The van der Waals surface area contributed by atoms with Crippen molar-refractivity contribution in [2.24, 2.45) is 0 Å². The van der Waals surface area contributed by atoms with E-state index >= 15 is 0 Å². The molecule has 3 aromatic rings. The molecule has 8 heteroatoms. The maximum Gasteiger partial charge on any atom is 0.344 e. The fourth-order valence-electron chi connectivity index (χ4n) is 3.45. The van der Waals surface area contributed by atoms with E-state index in [1.807, 2.05) is 18.2 Å². The lowest BCUT2D eigenvalue weighted by molar-refractivity contribution is -0.119. The molecule has 1 N–H and O–H groups in total. The summed E-state index contributed by atoms with van der Waals surface area (Å²) < 4.78 is 10.3. The van der Waals surface area contributed by atoms with Crippen molar-refractivity contribution in [1.29, 1.82) is 0 Å². The summed E-state index contributed by atoms with van der Waals surface area (Å²) in [6.07, 6.45) is 1.40. The maximum absolute atomic E-state index is 12.6. The average Bonchev–Trinajstić information content (AvgIpc) is 3.39. The molecular weight excluding hydrogens is 398 g/mol. The number of carbonyl (C=O) groups is 3. The van der Waals surface area contributed by atoms with Gasteiger partial charge in [0.15, 0.2) is 6.61 Å². The van der Waals surface area contributed by atoms with Crippen LogP contribution in [0.3, 0.4) is 0 Å². The molecule has 0 spiro atoms. The van der Waals surface area contributed by atoms with Crippen molar-refractivity contribution in [1.82, 2.24) is 5.16 Å². The van der Waals surface area contributed by atoms with Gasteiger partial charge in [0.1, 0.15) is 17.0 Å². The van der Waals surface area contributed by atoms with Gasteiger partial charge in [-0.3, -0.25) is 9.59 Å². The molecule has 31 heavy (non-hydrogen) atoms. The van der Waals surface area contributed by atoms with Crippen LogP contribution in [-0.2, 0) is 14.3 Å². The van der Waals surface area contributed by atoms with E-state index in [1.54, 1.807) is 48.2 Å². The van der Waals surface area contributed by atoms with Gasteiger partial charge < -0.3 is 19.5 Å². The van der Waals surface area contributed by atoms with Crippen molar-refractivity contribution >= 4 is 29.2 Å². The van der Waals surface area contributed by atoms with Crippen LogP contribution < -0.4 is 10.2 Å². The minimum absolute atomic E-state index is 0.0996. The van der Waals surface area contributed by atoms with E-state index in [0.717, 1.165) is 12.1 Å². The summed E-state index contributed by atoms with van der Waals surface area (Å²) in [6.45, 7) is 1.86. The first kappa shape index (κ1) is 20.3. The summed E-state index contributed by atoms with van der Waals surface area (Å²) in [5.74, 6) is -0.747. The predicted molar refractivity (Wildman–Crippen MR) is 114 cm³/mol. The number of esters is 1. The highest BCUT2D eigenvalue weighted by atomic mass is 16.5. The van der Waals surface area contributed by atoms with E-state index in [2.05, 4.69) is 10.5 Å². The van der Waals surface area contributed by atoms with Crippen LogP contribution in [0.15, 0.2) is 59.1 Å². The molecule has 2 aromatic carbocycles. The number of nitrogens with one attached hydrogen (secondary N) is 1. The Morgan fingerprint density at radius 3 is 2.55 bits per heavy atom. The largest absolute Gasteiger partial charge is 0.452 e. The Morgan fingerprint density at radius 1 is 1.13 bits per heavy atom. The maximum atomic E-state index is 12.6. The van der Waals surface area contributed by atoms with E-state index in [9.17, 15) is 14.4 Å². The smallest absolute Gasteiger partial charge is 0.344 e. The van der Waals surface area contributed by atoms with Crippen LogP contribution in [0.1, 0.15) is 29.0 Å². The summed E-state index contributed by atoms with van der Waals surface area (Å²) in [5, 5.41) is 6.62. The Morgan fingerprint density at radius 2 is 1.87 bits per heavy atom. The molecule has 0 saturated carbocycles. The van der Waals surface area contributed by atoms with Crippen LogP contribution in [0.25, 0.3) is 11.3 Å². The zero-order valence-corrected chi connectivity index (χ0v) is 17.0. The number of rotatable bonds is 6. The summed E-state index contributed by atoms with van der Waals surface area (Å²) in [4.78, 5) is 38.3. The number of amides is 2. The fraction of sp³-hybridized carbons (Fsp3) is 0.217. The second-order valence-electron chi connectivity index (χ2n) is 7.15. The number of carbonyl (C=O) groups excluding carboxylic acids is 3. The van der Waals surface area contributed by atoms with Gasteiger partial charge in [0, 0.05) is 29.9 Å². The standard InChI is InChI=1S/C23H21N3O5/c1-15-21(22(25-31-15)16-6-3-2-4-7-16)23(29)30-14-19(27)24-17-9-11-18(12-10-17)26-13-5-8-20(26)28/h2-4,6-7,9-12H,5,8,13-14H2,1H3,(H,24,27). The van der Waals surface area contributed by atoms with E-state index in [1.165, 1.54) is 0 Å². The highest BCUT2D eigenvalue weighted by Crippen LogP contribution is 2.26. The number of aromatic nitrogens is 1. The summed E-state index contributed by atoms with van der Waals surface area (Å²) in [7, 11) is 0. The molecule has 8 nitrogen and oxygen atoms in total. The lowest BCUT2D eigenvalue weighted by Crippen LogP contribution is -2.24. The third-order valence-electron chi connectivity index (χ3n) is 4.98. The van der Waals surface area contributed by atoms with Gasteiger partial charge in [-0.25, -0.2) is 4.79 Å². The normalized spacial score (nSPS) is 13.3. The monoisotopic (exact) mass is 419 g/mol. The fourth-order valence-corrected chi connectivity index (χ4v) is 3.45. The van der Waals surface area contributed by atoms with Crippen molar-refractivity contribution in [2.75, 3.05) is 23.4 Å². The van der Waals surface area contributed by atoms with Crippen LogP contribution >= 0.6 is 0 Å². The minimum Gasteiger partial charge on any atom is -0.452 e. The predicted octanol–water partition coefficient (Wildman–Crippen LogP) is 3.57. The van der Waals surface area contributed by atoms with Gasteiger partial charge in [-0.2, -0.15) is 0 Å². The Labute approximate surface area is 178 Å². The van der Waals surface area contributed by atoms with Crippen molar-refractivity contribution in [3.8, 4) is 11.3 Å². The van der Waals surface area contributed by atoms with E-state index in [-0.39, 0.29) is 11.5 Å². The van der Waals surface area contributed by atoms with Gasteiger partial charge in [0.05, 0.1) is 0 Å². The van der Waals surface area contributed by atoms with Crippen molar-refractivity contribution in [2.45, 2.75) is 19.8 Å². The van der Waals surface area contributed by atoms with Crippen LogP contribution in [0, 0.1) is 6.92 Å². The molecule has 1 aromatic heterocycles. The van der Waals surface area contributed by atoms with E-state index in [4.69, 9.17) is 9.26 Å². The van der Waals surface area contributed by atoms with E-state index in [0.29, 0.717) is 35.7 Å². The number of aryl methyl sites for hydroxylation is 1. The first-order valence-electron chi connectivity index (χ1n) is 9.92. The number of benzene rings is 2. The molecule has 0 unspecified atom stereocenters. The van der Waals surface area contributed by atoms with Crippen molar-refractivity contribution in [3.05, 3.63) is 65.9 Å². The molecule has 2 heterocycles. The second kappa shape index (κ2) is 8.83. The van der Waals surface area contributed by atoms with Gasteiger partial charge in [0.25, 0.3) is 5.91 Å². The quantitative estimate of drug-likeness (QED) is 0.613. The molecule has 1 aliphatic heterocycles. The molecule has 0 radical (unpaired) electrons. The molecule has 1 aliphatic rings. The third kappa shape index (κ3) is 4.48. The number of hydrogen-bond acceptors (Lipinski definition) is 6. The molecule has 158 valence electrons. The Kier molecular flexibility index (Phi) is 5.79. The van der Waals surface area contributed by atoms with Crippen LogP contribution in [0.4, 0.5) is 11.4 Å². The zero-order valence-electron chi connectivity index (χ0n) is 17.0. The number of nitrogens with zero attached hydrogens (tertiary/aromatic N) is 2. The van der Waals surface area contributed by atoms with Crippen molar-refractivity contribution < 1.29 is 23.6 Å². The summed E-state index contributed by atoms with van der Waals surface area (Å²) in [6, 6.07) is 16.1. The van der Waals surface area contributed by atoms with Gasteiger partial charge in [-0.05, 0) is 37.6 Å². The molecule has 4 rings (SSSR count). The van der Waals surface area contributed by atoms with Crippen molar-refractivity contribution in [3.63, 3.8) is 0 Å². The molecular formula is C23H21N3O5. The lowest BCUT2D eigenvalue weighted by atomic mass is 10.1.